The molecule has 0 aromatic carbocycles. The van der Waals surface area contributed by atoms with Crippen LogP contribution in [0.5, 0.6) is 0 Å². The van der Waals surface area contributed by atoms with E-state index in [2.05, 4.69) is 5.32 Å². The minimum Gasteiger partial charge on any atom is -0.444 e. The van der Waals surface area contributed by atoms with Gasteiger partial charge in [-0.15, -0.1) is 0 Å². The summed E-state index contributed by atoms with van der Waals surface area (Å²) in [4.78, 5) is 14.0. The van der Waals surface area contributed by atoms with E-state index in [0.717, 1.165) is 32.4 Å². The lowest BCUT2D eigenvalue weighted by Crippen LogP contribution is -2.70. The highest BCUT2D eigenvalue weighted by atomic mass is 16.6. The van der Waals surface area contributed by atoms with E-state index in [1.165, 1.54) is 6.42 Å². The Kier molecular flexibility index (Phi) is 2.86. The first-order chi connectivity index (χ1) is 7.43. The predicted octanol–water partition coefficient (Wildman–Crippen LogP) is 2.10. The van der Waals surface area contributed by atoms with Gasteiger partial charge >= 0.3 is 6.09 Å². The molecule has 0 aliphatic carbocycles. The lowest BCUT2D eigenvalue weighted by atomic mass is 9.87. The Balaban J connectivity index is 2.03. The number of hydrogen-bond acceptors (Lipinski definition) is 3. The third-order valence-corrected chi connectivity index (χ3v) is 3.35. The van der Waals surface area contributed by atoms with Crippen LogP contribution in [0.15, 0.2) is 0 Å². The van der Waals surface area contributed by atoms with E-state index in [-0.39, 0.29) is 11.8 Å². The normalized spacial score (nSPS) is 30.1. The number of carbonyl (C=O) groups excluding carboxylic acids is 1. The first-order valence-electron chi connectivity index (χ1n) is 6.19. The molecule has 0 aromatic rings. The van der Waals surface area contributed by atoms with E-state index in [0.29, 0.717) is 0 Å². The molecule has 1 spiro atoms. The van der Waals surface area contributed by atoms with Gasteiger partial charge in [0.1, 0.15) is 5.60 Å². The number of amides is 1. The SMILES string of the molecule is CC(C)(C)OC(=O)N1CCCCC12CCN2. The van der Waals surface area contributed by atoms with E-state index >= 15 is 0 Å². The molecule has 0 bridgehead atoms. The van der Waals surface area contributed by atoms with Crippen molar-refractivity contribution in [2.45, 2.75) is 57.7 Å². The van der Waals surface area contributed by atoms with Gasteiger partial charge in [0.15, 0.2) is 0 Å². The van der Waals surface area contributed by atoms with Gasteiger partial charge in [0.05, 0.1) is 5.66 Å². The Morgan fingerprint density at radius 3 is 2.50 bits per heavy atom. The molecular weight excluding hydrogens is 204 g/mol. The topological polar surface area (TPSA) is 41.6 Å². The zero-order valence-corrected chi connectivity index (χ0v) is 10.5. The average Bonchev–Trinajstić information content (AvgIpc) is 2.12. The van der Waals surface area contributed by atoms with Gasteiger partial charge in [-0.1, -0.05) is 0 Å². The minimum atomic E-state index is -0.403. The Bertz CT molecular complexity index is 279. The summed E-state index contributed by atoms with van der Waals surface area (Å²) in [5, 5.41) is 3.40. The Morgan fingerprint density at radius 1 is 1.31 bits per heavy atom. The molecule has 92 valence electrons. The fourth-order valence-corrected chi connectivity index (χ4v) is 2.48. The van der Waals surface area contributed by atoms with E-state index in [4.69, 9.17) is 4.74 Å². The highest BCUT2D eigenvalue weighted by Crippen LogP contribution is 2.34. The van der Waals surface area contributed by atoms with Crippen LogP contribution in [-0.4, -0.2) is 35.3 Å². The molecule has 2 heterocycles. The Hall–Kier alpha value is -0.770. The van der Waals surface area contributed by atoms with Gasteiger partial charge in [-0.3, -0.25) is 10.2 Å². The predicted molar refractivity (Wildman–Crippen MR) is 62.1 cm³/mol. The number of nitrogens with one attached hydrogen (secondary N) is 1. The van der Waals surface area contributed by atoms with Crippen LogP contribution in [0.25, 0.3) is 0 Å². The maximum atomic E-state index is 12.1. The molecule has 2 aliphatic rings. The van der Waals surface area contributed by atoms with Crippen LogP contribution >= 0.6 is 0 Å². The van der Waals surface area contributed by atoms with E-state index in [1.807, 2.05) is 25.7 Å². The summed E-state index contributed by atoms with van der Waals surface area (Å²) in [5.74, 6) is 0. The molecule has 1 amide bonds. The minimum absolute atomic E-state index is 0.0828. The van der Waals surface area contributed by atoms with Crippen LogP contribution in [0, 0.1) is 0 Å². The first-order valence-corrected chi connectivity index (χ1v) is 6.19. The van der Waals surface area contributed by atoms with E-state index < -0.39 is 5.60 Å². The highest BCUT2D eigenvalue weighted by Gasteiger charge is 2.47. The maximum absolute atomic E-state index is 12.1. The summed E-state index contributed by atoms with van der Waals surface area (Å²) in [6.45, 7) is 7.57. The molecule has 0 aromatic heterocycles. The third-order valence-electron chi connectivity index (χ3n) is 3.35. The van der Waals surface area contributed by atoms with E-state index in [1.54, 1.807) is 0 Å². The van der Waals surface area contributed by atoms with Crippen molar-refractivity contribution in [3.63, 3.8) is 0 Å². The molecule has 1 unspecified atom stereocenters. The summed E-state index contributed by atoms with van der Waals surface area (Å²) in [6.07, 6.45) is 4.24. The number of hydrogen-bond donors (Lipinski definition) is 1. The fourth-order valence-electron chi connectivity index (χ4n) is 2.48. The number of rotatable bonds is 0. The van der Waals surface area contributed by atoms with Crippen molar-refractivity contribution in [3.8, 4) is 0 Å². The van der Waals surface area contributed by atoms with Gasteiger partial charge < -0.3 is 4.74 Å². The number of nitrogens with zero attached hydrogens (tertiary/aromatic N) is 1. The standard InChI is InChI=1S/C12H22N2O2/c1-11(2,3)16-10(15)14-9-5-4-6-12(14)7-8-13-12/h13H,4-9H2,1-3H3. The second kappa shape index (κ2) is 3.91. The highest BCUT2D eigenvalue weighted by molar-refractivity contribution is 5.69. The first kappa shape index (κ1) is 11.7. The van der Waals surface area contributed by atoms with Crippen molar-refractivity contribution in [1.29, 1.82) is 0 Å². The molecule has 16 heavy (non-hydrogen) atoms. The number of carbonyl (C=O) groups is 1. The summed E-state index contributed by atoms with van der Waals surface area (Å²) in [7, 11) is 0. The molecule has 4 nitrogen and oxygen atoms in total. The summed E-state index contributed by atoms with van der Waals surface area (Å²) >= 11 is 0. The van der Waals surface area contributed by atoms with E-state index in [9.17, 15) is 4.79 Å². The second-order valence-electron chi connectivity index (χ2n) is 5.80. The van der Waals surface area contributed by atoms with Crippen molar-refractivity contribution in [2.75, 3.05) is 13.1 Å². The zero-order chi connectivity index (χ0) is 11.8. The Labute approximate surface area is 97.3 Å². The lowest BCUT2D eigenvalue weighted by molar-refractivity contribution is -0.0534. The van der Waals surface area contributed by atoms with Crippen molar-refractivity contribution < 1.29 is 9.53 Å². The van der Waals surface area contributed by atoms with Crippen LogP contribution in [-0.2, 0) is 4.74 Å². The Morgan fingerprint density at radius 2 is 2.00 bits per heavy atom. The maximum Gasteiger partial charge on any atom is 0.411 e. The van der Waals surface area contributed by atoms with Gasteiger partial charge in [0, 0.05) is 13.1 Å². The fraction of sp³-hybridized carbons (Fsp3) is 0.917. The molecule has 2 saturated heterocycles. The molecule has 0 radical (unpaired) electrons. The zero-order valence-electron chi connectivity index (χ0n) is 10.5. The van der Waals surface area contributed by atoms with Gasteiger partial charge in [-0.25, -0.2) is 4.79 Å². The third kappa shape index (κ3) is 2.17. The number of piperidine rings is 1. The molecular formula is C12H22N2O2. The van der Waals surface area contributed by atoms with Crippen LogP contribution in [0.4, 0.5) is 4.79 Å². The smallest absolute Gasteiger partial charge is 0.411 e. The van der Waals surface area contributed by atoms with Crippen molar-refractivity contribution in [2.24, 2.45) is 0 Å². The van der Waals surface area contributed by atoms with Gasteiger partial charge in [-0.05, 0) is 46.5 Å². The van der Waals surface area contributed by atoms with Gasteiger partial charge in [0.2, 0.25) is 0 Å². The molecule has 2 aliphatic heterocycles. The van der Waals surface area contributed by atoms with Gasteiger partial charge in [-0.2, -0.15) is 0 Å². The molecule has 4 heteroatoms. The lowest BCUT2D eigenvalue weighted by Gasteiger charge is -2.53. The molecule has 1 atom stereocenters. The van der Waals surface area contributed by atoms with Crippen LogP contribution < -0.4 is 5.32 Å². The molecule has 2 rings (SSSR count). The quantitative estimate of drug-likeness (QED) is 0.687. The van der Waals surface area contributed by atoms with Crippen LogP contribution in [0.3, 0.4) is 0 Å². The molecule has 0 saturated carbocycles. The van der Waals surface area contributed by atoms with Crippen molar-refractivity contribution in [3.05, 3.63) is 0 Å². The van der Waals surface area contributed by atoms with Crippen molar-refractivity contribution in [1.82, 2.24) is 10.2 Å². The van der Waals surface area contributed by atoms with Crippen LogP contribution in [0.2, 0.25) is 0 Å². The summed E-state index contributed by atoms with van der Waals surface area (Å²) < 4.78 is 5.46. The second-order valence-corrected chi connectivity index (χ2v) is 5.80. The largest absolute Gasteiger partial charge is 0.444 e. The van der Waals surface area contributed by atoms with Crippen LogP contribution in [0.1, 0.15) is 46.5 Å². The van der Waals surface area contributed by atoms with Gasteiger partial charge in [0.25, 0.3) is 0 Å². The number of ether oxygens (including phenoxy) is 1. The monoisotopic (exact) mass is 226 g/mol. The molecule has 1 N–H and O–H groups in total. The summed E-state index contributed by atoms with van der Waals surface area (Å²) in [5.41, 5.74) is -0.486. The summed E-state index contributed by atoms with van der Waals surface area (Å²) in [6, 6.07) is 0. The number of likely N-dealkylation sites (tertiary alicyclic amines) is 1. The molecule has 2 fully saturated rings. The van der Waals surface area contributed by atoms with Crippen molar-refractivity contribution >= 4 is 6.09 Å². The average molecular weight is 226 g/mol.